The van der Waals surface area contributed by atoms with Crippen molar-refractivity contribution in [2.45, 2.75) is 6.42 Å². The van der Waals surface area contributed by atoms with Gasteiger partial charge in [-0.15, -0.1) is 8.98 Å². The number of halogens is 1. The molecule has 1 saturated heterocycles. The van der Waals surface area contributed by atoms with E-state index in [4.69, 9.17) is 0 Å². The lowest BCUT2D eigenvalue weighted by Crippen LogP contribution is -2.26. The number of rotatable bonds is 3. The van der Waals surface area contributed by atoms with Crippen LogP contribution >= 0.6 is 0 Å². The van der Waals surface area contributed by atoms with Crippen LogP contribution in [0.3, 0.4) is 0 Å². The Morgan fingerprint density at radius 2 is 2.31 bits per heavy atom. The van der Waals surface area contributed by atoms with E-state index in [1.165, 1.54) is 4.90 Å². The number of nitrogens with one attached hydrogen (secondary N) is 1. The predicted octanol–water partition coefficient (Wildman–Crippen LogP) is -1.15. The summed E-state index contributed by atoms with van der Waals surface area (Å²) in [6, 6.07) is 0. The molecule has 1 unspecified atom stereocenters. The fourth-order valence-corrected chi connectivity index (χ4v) is 2.43. The summed E-state index contributed by atoms with van der Waals surface area (Å²) in [4.78, 5) is 12.6. The van der Waals surface area contributed by atoms with Crippen LogP contribution in [0.4, 0.5) is 9.83 Å². The Labute approximate surface area is 90.0 Å². The lowest BCUT2D eigenvalue weighted by atomic mass is 10.1. The van der Waals surface area contributed by atoms with E-state index in [0.717, 1.165) is 0 Å². The Morgan fingerprint density at radius 3 is 2.88 bits per heavy atom. The Hall–Kier alpha value is -1.58. The summed E-state index contributed by atoms with van der Waals surface area (Å²) in [5.41, 5.74) is 0. The van der Waals surface area contributed by atoms with Crippen molar-refractivity contribution in [3.05, 3.63) is 0 Å². The number of anilines is 1. The summed E-state index contributed by atoms with van der Waals surface area (Å²) in [6.45, 7) is 0.0848. The Kier molecular flexibility index (Phi) is 2.58. The molecule has 2 heterocycles. The van der Waals surface area contributed by atoms with Crippen LogP contribution in [0.15, 0.2) is 0 Å². The first-order chi connectivity index (χ1) is 7.46. The van der Waals surface area contributed by atoms with Crippen molar-refractivity contribution >= 4 is 22.1 Å². The van der Waals surface area contributed by atoms with Gasteiger partial charge in [0.15, 0.2) is 0 Å². The summed E-state index contributed by atoms with van der Waals surface area (Å²) in [6.07, 6.45) is -0.0301. The fraction of sp³-hybridized carbons (Fsp3) is 0.667. The molecule has 1 amide bonds. The molecule has 1 aromatic rings. The Morgan fingerprint density at radius 1 is 1.56 bits per heavy atom. The van der Waals surface area contributed by atoms with Crippen molar-refractivity contribution in [3.8, 4) is 0 Å². The lowest BCUT2D eigenvalue weighted by Gasteiger charge is -2.09. The van der Waals surface area contributed by atoms with Crippen LogP contribution in [-0.4, -0.2) is 47.2 Å². The molecule has 1 fully saturated rings. The second-order valence-corrected chi connectivity index (χ2v) is 4.90. The highest BCUT2D eigenvalue weighted by atomic mass is 32.3. The van der Waals surface area contributed by atoms with E-state index < -0.39 is 21.9 Å². The van der Waals surface area contributed by atoms with Gasteiger partial charge in [0.05, 0.1) is 5.75 Å². The number of aromatic nitrogens is 4. The molecule has 1 atom stereocenters. The van der Waals surface area contributed by atoms with Crippen LogP contribution in [0.1, 0.15) is 6.42 Å². The highest BCUT2D eigenvalue weighted by Crippen LogP contribution is 2.22. The molecular formula is C6H8FN5O3S. The van der Waals surface area contributed by atoms with Crippen LogP contribution in [-0.2, 0) is 15.0 Å². The first kappa shape index (κ1) is 10.9. The molecule has 1 aromatic heterocycles. The lowest BCUT2D eigenvalue weighted by molar-refractivity contribution is -0.117. The van der Waals surface area contributed by atoms with Crippen molar-refractivity contribution < 1.29 is 17.1 Å². The third kappa shape index (κ3) is 2.32. The zero-order valence-corrected chi connectivity index (χ0v) is 8.81. The zero-order chi connectivity index (χ0) is 11.8. The molecule has 8 nitrogen and oxygen atoms in total. The third-order valence-electron chi connectivity index (χ3n) is 2.22. The highest BCUT2D eigenvalue weighted by molar-refractivity contribution is 7.86. The molecule has 0 aromatic carbocycles. The number of carbonyl (C=O) groups is 1. The van der Waals surface area contributed by atoms with Gasteiger partial charge in [0.2, 0.25) is 5.91 Å². The van der Waals surface area contributed by atoms with Gasteiger partial charge in [0.25, 0.3) is 5.95 Å². The van der Waals surface area contributed by atoms with Crippen LogP contribution in [0.5, 0.6) is 0 Å². The second kappa shape index (κ2) is 3.77. The van der Waals surface area contributed by atoms with Gasteiger partial charge >= 0.3 is 10.2 Å². The van der Waals surface area contributed by atoms with E-state index in [2.05, 4.69) is 20.6 Å². The smallest absolute Gasteiger partial charge is 0.278 e. The molecule has 0 saturated carbocycles. The first-order valence-electron chi connectivity index (χ1n) is 4.42. The normalized spacial score (nSPS) is 21.7. The van der Waals surface area contributed by atoms with Gasteiger partial charge in [0.1, 0.15) is 0 Å². The summed E-state index contributed by atoms with van der Waals surface area (Å²) in [5, 5.41) is 12.6. The molecule has 1 aliphatic heterocycles. The van der Waals surface area contributed by atoms with Gasteiger partial charge in [-0.25, -0.2) is 0 Å². The van der Waals surface area contributed by atoms with Gasteiger partial charge in [0, 0.05) is 18.9 Å². The minimum absolute atomic E-state index is 0.0301. The maximum Gasteiger partial charge on any atom is 0.302 e. The number of nitrogens with zero attached hydrogens (tertiary/aromatic N) is 4. The number of tetrazole rings is 1. The average Bonchev–Trinajstić information content (AvgIpc) is 2.71. The van der Waals surface area contributed by atoms with Crippen molar-refractivity contribution in [2.75, 3.05) is 17.2 Å². The number of carbonyl (C=O) groups excluding carboxylic acids is 1. The van der Waals surface area contributed by atoms with Crippen molar-refractivity contribution in [3.63, 3.8) is 0 Å². The molecule has 0 radical (unpaired) electrons. The standard InChI is InChI=1S/C6H8FN5O3S/c7-16(14,15)3-4-1-5(13)12(2-4)6-8-10-11-9-6/h4H,1-3H2,(H,8,9,10,11). The van der Waals surface area contributed by atoms with Crippen LogP contribution < -0.4 is 4.90 Å². The van der Waals surface area contributed by atoms with Gasteiger partial charge < -0.3 is 0 Å². The topological polar surface area (TPSA) is 109 Å². The van der Waals surface area contributed by atoms with Crippen LogP contribution in [0.2, 0.25) is 0 Å². The predicted molar refractivity (Wildman–Crippen MR) is 49.5 cm³/mol. The first-order valence-corrected chi connectivity index (χ1v) is 5.97. The van der Waals surface area contributed by atoms with E-state index in [0.29, 0.717) is 0 Å². The molecule has 88 valence electrons. The molecule has 1 aliphatic rings. The molecule has 0 bridgehead atoms. The summed E-state index contributed by atoms with van der Waals surface area (Å²) < 4.78 is 33.3. The number of H-pyrrole nitrogens is 1. The third-order valence-corrected chi connectivity index (χ3v) is 3.09. The maximum absolute atomic E-state index is 12.4. The van der Waals surface area contributed by atoms with E-state index in [1.54, 1.807) is 0 Å². The van der Waals surface area contributed by atoms with Crippen LogP contribution in [0, 0.1) is 5.92 Å². The van der Waals surface area contributed by atoms with Crippen molar-refractivity contribution in [2.24, 2.45) is 5.92 Å². The summed E-state index contributed by atoms with van der Waals surface area (Å²) in [7, 11) is -4.57. The van der Waals surface area contributed by atoms with Gasteiger partial charge in [-0.2, -0.15) is 13.6 Å². The average molecular weight is 249 g/mol. The van der Waals surface area contributed by atoms with Crippen molar-refractivity contribution in [1.82, 2.24) is 20.6 Å². The Bertz CT molecular complexity index is 486. The van der Waals surface area contributed by atoms with Crippen molar-refractivity contribution in [1.29, 1.82) is 0 Å². The zero-order valence-electron chi connectivity index (χ0n) is 8.00. The fourth-order valence-electron chi connectivity index (χ4n) is 1.64. The maximum atomic E-state index is 12.4. The van der Waals surface area contributed by atoms with E-state index in [9.17, 15) is 17.1 Å². The van der Waals surface area contributed by atoms with Crippen LogP contribution in [0.25, 0.3) is 0 Å². The number of amides is 1. The summed E-state index contributed by atoms with van der Waals surface area (Å²) >= 11 is 0. The number of aromatic amines is 1. The van der Waals surface area contributed by atoms with E-state index in [1.807, 2.05) is 0 Å². The second-order valence-electron chi connectivity index (χ2n) is 3.49. The largest absolute Gasteiger partial charge is 0.302 e. The molecule has 16 heavy (non-hydrogen) atoms. The highest BCUT2D eigenvalue weighted by Gasteiger charge is 2.35. The Balaban J connectivity index is 2.08. The van der Waals surface area contributed by atoms with Gasteiger partial charge in [-0.1, -0.05) is 5.10 Å². The SMILES string of the molecule is O=C1CC(CS(=O)(=O)F)CN1c1nn[nH]n1. The molecule has 0 aliphatic carbocycles. The number of hydrogen-bond donors (Lipinski definition) is 1. The molecular weight excluding hydrogens is 241 g/mol. The minimum atomic E-state index is -4.57. The van der Waals surface area contributed by atoms with E-state index in [-0.39, 0.29) is 24.8 Å². The number of hydrogen-bond acceptors (Lipinski definition) is 6. The molecule has 10 heteroatoms. The molecule has 0 spiro atoms. The molecule has 2 rings (SSSR count). The van der Waals surface area contributed by atoms with Gasteiger partial charge in [-0.3, -0.25) is 9.69 Å². The van der Waals surface area contributed by atoms with Gasteiger partial charge in [-0.05, 0) is 5.21 Å². The monoisotopic (exact) mass is 249 g/mol. The summed E-state index contributed by atoms with van der Waals surface area (Å²) in [5.74, 6) is -1.49. The molecule has 1 N–H and O–H groups in total. The van der Waals surface area contributed by atoms with E-state index >= 15 is 0 Å². The quantitative estimate of drug-likeness (QED) is 0.677. The minimum Gasteiger partial charge on any atom is -0.278 e.